The van der Waals surface area contributed by atoms with Crippen LogP contribution in [0.15, 0.2) is 41.5 Å². The molecule has 61 heavy (non-hydrogen) atoms. The Morgan fingerprint density at radius 1 is 1.05 bits per heavy atom. The van der Waals surface area contributed by atoms with Gasteiger partial charge in [-0.2, -0.15) is 0 Å². The molecule has 2 bridgehead atoms. The molecule has 17 nitrogen and oxygen atoms in total. The minimum Gasteiger partial charge on any atom is -0.456 e. The number of ether oxygens (including phenoxy) is 7. The zero-order valence-electron chi connectivity index (χ0n) is 36.8. The summed E-state index contributed by atoms with van der Waals surface area (Å²) in [5.74, 6) is -5.03. The quantitative estimate of drug-likeness (QED) is 0.174. The van der Waals surface area contributed by atoms with Gasteiger partial charge in [-0.15, -0.1) is 0 Å². The summed E-state index contributed by atoms with van der Waals surface area (Å²) < 4.78 is 42.4. The molecule has 2 amide bonds. The number of nitrogens with zero attached hydrogens (tertiary/aromatic N) is 1. The molecule has 0 aromatic heterocycles. The van der Waals surface area contributed by atoms with Crippen molar-refractivity contribution in [2.75, 3.05) is 27.3 Å². The van der Waals surface area contributed by atoms with E-state index in [-0.39, 0.29) is 48.6 Å². The van der Waals surface area contributed by atoms with Crippen molar-refractivity contribution in [2.45, 2.75) is 141 Å². The molecule has 3 fully saturated rings. The van der Waals surface area contributed by atoms with E-state index in [9.17, 15) is 34.2 Å². The second-order valence-corrected chi connectivity index (χ2v) is 19.2. The van der Waals surface area contributed by atoms with Gasteiger partial charge in [0.25, 0.3) is 0 Å². The molecule has 3 aliphatic carbocycles. The lowest BCUT2D eigenvalue weighted by Gasteiger charge is -2.67. The van der Waals surface area contributed by atoms with E-state index >= 15 is 4.79 Å². The van der Waals surface area contributed by atoms with Gasteiger partial charge in [0.1, 0.15) is 29.5 Å². The molecule has 0 unspecified atom stereocenters. The van der Waals surface area contributed by atoms with Gasteiger partial charge in [0.15, 0.2) is 23.6 Å². The highest BCUT2D eigenvalue weighted by molar-refractivity contribution is 5.96. The van der Waals surface area contributed by atoms with Crippen LogP contribution in [0.4, 0.5) is 9.59 Å². The number of aliphatic hydroxyl groups excluding tert-OH is 1. The first-order valence-electron chi connectivity index (χ1n) is 20.7. The second-order valence-electron chi connectivity index (χ2n) is 19.2. The number of esters is 3. The van der Waals surface area contributed by atoms with Crippen molar-refractivity contribution in [3.05, 3.63) is 47.0 Å². The van der Waals surface area contributed by atoms with Crippen molar-refractivity contribution in [3.8, 4) is 0 Å². The molecule has 6 rings (SSSR count). The van der Waals surface area contributed by atoms with Gasteiger partial charge in [-0.25, -0.2) is 19.2 Å². The fourth-order valence-electron chi connectivity index (χ4n) is 10.3. The Morgan fingerprint density at radius 3 is 2.26 bits per heavy atom. The first-order valence-corrected chi connectivity index (χ1v) is 20.7. The maximum atomic E-state index is 15.8. The van der Waals surface area contributed by atoms with Crippen molar-refractivity contribution in [3.63, 3.8) is 0 Å². The number of fused-ring (bicyclic) bond motifs is 4. The Kier molecular flexibility index (Phi) is 12.3. The number of rotatable bonds is 10. The highest BCUT2D eigenvalue weighted by atomic mass is 16.6. The summed E-state index contributed by atoms with van der Waals surface area (Å²) in [5, 5.41) is 28.0. The fraction of sp³-hybridized carbons (Fsp3) is 0.682. The lowest BCUT2D eigenvalue weighted by Crippen LogP contribution is -2.82. The predicted octanol–water partition coefficient (Wildman–Crippen LogP) is 3.66. The summed E-state index contributed by atoms with van der Waals surface area (Å²) in [7, 11) is 2.83. The minimum absolute atomic E-state index is 0.0448. The number of ketones is 1. The number of amides is 2. The largest absolute Gasteiger partial charge is 0.456 e. The third-order valence-corrected chi connectivity index (χ3v) is 13.2. The summed E-state index contributed by atoms with van der Waals surface area (Å²) in [6.07, 6.45) is -10.9. The molecule has 2 heterocycles. The third kappa shape index (κ3) is 7.91. The molecular formula is C44H60N2O15. The molecule has 17 heteroatoms. The topological polar surface area (TPSA) is 223 Å². The molecule has 2 aliphatic heterocycles. The normalized spacial score (nSPS) is 33.8. The number of carbonyl (C=O) groups excluding carboxylic acids is 6. The maximum absolute atomic E-state index is 15.8. The van der Waals surface area contributed by atoms with Gasteiger partial charge in [-0.05, 0) is 63.3 Å². The van der Waals surface area contributed by atoms with Gasteiger partial charge in [0, 0.05) is 45.9 Å². The van der Waals surface area contributed by atoms with Crippen LogP contribution in [0.3, 0.4) is 0 Å². The first-order chi connectivity index (χ1) is 28.3. The van der Waals surface area contributed by atoms with Crippen LogP contribution in [0, 0.1) is 22.7 Å². The predicted molar refractivity (Wildman–Crippen MR) is 214 cm³/mol. The molecule has 336 valence electrons. The molecule has 3 N–H and O–H groups in total. The summed E-state index contributed by atoms with van der Waals surface area (Å²) >= 11 is 0. The van der Waals surface area contributed by atoms with E-state index in [1.807, 2.05) is 13.8 Å². The number of nitrogens with one attached hydrogen (secondary N) is 1. The highest BCUT2D eigenvalue weighted by Crippen LogP contribution is 2.65. The van der Waals surface area contributed by atoms with Crippen molar-refractivity contribution in [1.29, 1.82) is 0 Å². The van der Waals surface area contributed by atoms with Gasteiger partial charge < -0.3 is 53.6 Å². The Hall–Kier alpha value is -4.58. The number of likely N-dealkylation sites (N-methyl/N-ethyl adjacent to an activating group) is 1. The number of methoxy groups -OCH3 is 1. The average molecular weight is 857 g/mol. The molecule has 1 saturated heterocycles. The smallest absolute Gasteiger partial charge is 0.410 e. The van der Waals surface area contributed by atoms with E-state index < -0.39 is 119 Å². The summed E-state index contributed by atoms with van der Waals surface area (Å²) in [6.45, 7) is 14.2. The zero-order valence-corrected chi connectivity index (χ0v) is 36.8. The molecular weight excluding hydrogens is 796 g/mol. The van der Waals surface area contributed by atoms with Crippen LogP contribution in [-0.4, -0.2) is 138 Å². The Labute approximate surface area is 355 Å². The fourth-order valence-corrected chi connectivity index (χ4v) is 10.3. The molecule has 11 atom stereocenters. The number of aliphatic hydroxyl groups is 2. The SMILES string of the molecule is CO[C@H]1C[C@H]2OC[C@@]2(OC(C)=O)[C@H]2[C@H](OC(=O)c3ccccc3)[C@]3(O)C[C@H](OC(=O)[C@H](O)[C@H](CC(C)C)NC(=O)OC(C)(C)C)C4=C([C@@H](OC(=O)N(C)C4)C(=O)[C@]12C)C3(C)C. The molecule has 1 aromatic carbocycles. The van der Waals surface area contributed by atoms with Gasteiger partial charge >= 0.3 is 30.1 Å². The zero-order chi connectivity index (χ0) is 45.2. The third-order valence-electron chi connectivity index (χ3n) is 13.2. The number of alkyl carbamates (subject to hydrolysis) is 1. The second kappa shape index (κ2) is 16.3. The lowest BCUT2D eigenvalue weighted by atomic mass is 9.44. The molecule has 1 aromatic rings. The first kappa shape index (κ1) is 45.9. The number of hydrogen-bond acceptors (Lipinski definition) is 15. The van der Waals surface area contributed by atoms with E-state index in [0.717, 1.165) is 0 Å². The summed E-state index contributed by atoms with van der Waals surface area (Å²) in [6, 6.07) is 6.81. The van der Waals surface area contributed by atoms with E-state index in [2.05, 4.69) is 5.32 Å². The minimum atomic E-state index is -2.32. The van der Waals surface area contributed by atoms with Gasteiger partial charge in [0.2, 0.25) is 0 Å². The Bertz CT molecular complexity index is 1960. The van der Waals surface area contributed by atoms with Crippen molar-refractivity contribution in [2.24, 2.45) is 22.7 Å². The van der Waals surface area contributed by atoms with Crippen LogP contribution in [-0.2, 0) is 47.5 Å². The van der Waals surface area contributed by atoms with Gasteiger partial charge in [0.05, 0.1) is 35.6 Å². The van der Waals surface area contributed by atoms with E-state index in [4.69, 9.17) is 33.2 Å². The van der Waals surface area contributed by atoms with Crippen LogP contribution in [0.2, 0.25) is 0 Å². The lowest BCUT2D eigenvalue weighted by molar-refractivity contribution is -0.347. The van der Waals surface area contributed by atoms with Crippen LogP contribution in [0.5, 0.6) is 0 Å². The number of hydrogen-bond donors (Lipinski definition) is 3. The molecule has 0 radical (unpaired) electrons. The van der Waals surface area contributed by atoms with Gasteiger partial charge in [-0.1, -0.05) is 45.9 Å². The van der Waals surface area contributed by atoms with Crippen LogP contribution in [0.1, 0.15) is 91.9 Å². The molecule has 5 aliphatic rings. The molecule has 2 saturated carbocycles. The van der Waals surface area contributed by atoms with Crippen molar-refractivity contribution < 1.29 is 72.1 Å². The Morgan fingerprint density at radius 2 is 1.70 bits per heavy atom. The van der Waals surface area contributed by atoms with Crippen LogP contribution >= 0.6 is 0 Å². The summed E-state index contributed by atoms with van der Waals surface area (Å²) in [4.78, 5) is 85.3. The number of benzene rings is 1. The monoisotopic (exact) mass is 856 g/mol. The standard InChI is InChI=1S/C44H60N2O15/c1-22(2)17-26(45-38(52)61-40(4,5)6)31(48)37(51)57-27-19-44(54)35(59-36(50)24-15-13-12-14-16-24)33-42(9,28(55-11)18-29-43(33,21-56-29)60-23(3)47)34(49)32-30(41(44,7)8)25(27)20-46(10)39(53)58-32/h12-16,22,26-29,31-33,35,48,54H,17-21H2,1-11H3,(H,45,52)/t26-,27-,28-,29+,31+,32+,33-,35-,42+,43-,44+/m0/s1. The number of Topliss-reactive ketones (excluding diaryl/α,β-unsaturated/α-hetero) is 1. The van der Waals surface area contributed by atoms with E-state index in [0.29, 0.717) is 0 Å². The maximum Gasteiger partial charge on any atom is 0.410 e. The van der Waals surface area contributed by atoms with E-state index in [1.54, 1.807) is 59.7 Å². The Balaban J connectivity index is 1.57. The molecule has 0 spiro atoms. The highest BCUT2D eigenvalue weighted by Gasteiger charge is 2.79. The number of carbonyl (C=O) groups is 6. The van der Waals surface area contributed by atoms with Crippen molar-refractivity contribution in [1.82, 2.24) is 10.2 Å². The van der Waals surface area contributed by atoms with Crippen LogP contribution < -0.4 is 5.32 Å². The summed E-state index contributed by atoms with van der Waals surface area (Å²) in [5.41, 5.74) is -7.85. The average Bonchev–Trinajstić information content (AvgIpc) is 3.29. The van der Waals surface area contributed by atoms with Crippen molar-refractivity contribution >= 4 is 35.9 Å². The van der Waals surface area contributed by atoms with Gasteiger partial charge in [-0.3, -0.25) is 9.59 Å². The van der Waals surface area contributed by atoms with E-state index in [1.165, 1.54) is 38.1 Å². The van der Waals surface area contributed by atoms with Crippen LogP contribution in [0.25, 0.3) is 0 Å².